The smallest absolute Gasteiger partial charge is 0.342 e. The zero-order valence-electron chi connectivity index (χ0n) is 11.2. The molecule has 0 saturated heterocycles. The zero-order valence-corrected chi connectivity index (χ0v) is 11.2. The fourth-order valence-electron chi connectivity index (χ4n) is 1.97. The van der Waals surface area contributed by atoms with Crippen molar-refractivity contribution in [3.8, 4) is 0 Å². The van der Waals surface area contributed by atoms with Crippen LogP contribution in [0, 0.1) is 0 Å². The first-order chi connectivity index (χ1) is 9.20. The predicted molar refractivity (Wildman–Crippen MR) is 74.0 cm³/mol. The second-order valence-electron chi connectivity index (χ2n) is 4.13. The van der Waals surface area contributed by atoms with Crippen molar-refractivity contribution < 1.29 is 14.4 Å². The van der Waals surface area contributed by atoms with E-state index in [-0.39, 0.29) is 5.82 Å². The molecule has 0 bridgehead atoms. The highest BCUT2D eigenvalue weighted by atomic mass is 16.7. The van der Waals surface area contributed by atoms with E-state index in [0.717, 1.165) is 17.3 Å². The van der Waals surface area contributed by atoms with Gasteiger partial charge in [0, 0.05) is 5.39 Å². The van der Waals surface area contributed by atoms with Gasteiger partial charge in [-0.15, -0.1) is 0 Å². The Labute approximate surface area is 111 Å². The standard InChI is InChI=1S/C14H18N2O3/c1-3-9-19-16-11-8-6-5-7-10(11)12(13(16)15)14(17)18-4-2/h5-8H,3-4,9,15H2,1-2H3. The molecule has 1 aromatic heterocycles. The van der Waals surface area contributed by atoms with Gasteiger partial charge in [0.1, 0.15) is 12.2 Å². The van der Waals surface area contributed by atoms with E-state index in [0.29, 0.717) is 18.8 Å². The molecule has 0 atom stereocenters. The molecule has 2 rings (SSSR count). The number of hydrogen-bond donors (Lipinski definition) is 1. The van der Waals surface area contributed by atoms with Crippen molar-refractivity contribution in [2.75, 3.05) is 18.9 Å². The maximum atomic E-state index is 12.0. The molecule has 1 aromatic carbocycles. The Morgan fingerprint density at radius 3 is 2.74 bits per heavy atom. The van der Waals surface area contributed by atoms with E-state index in [1.807, 2.05) is 31.2 Å². The van der Waals surface area contributed by atoms with Gasteiger partial charge in [0.05, 0.1) is 12.1 Å². The predicted octanol–water partition coefficient (Wildman–Crippen LogP) is 2.24. The van der Waals surface area contributed by atoms with Crippen molar-refractivity contribution in [1.82, 2.24) is 4.73 Å². The Kier molecular flexibility index (Phi) is 3.94. The van der Waals surface area contributed by atoms with Crippen molar-refractivity contribution in [2.45, 2.75) is 20.3 Å². The minimum atomic E-state index is -0.421. The molecule has 0 fully saturated rings. The average molecular weight is 262 g/mol. The van der Waals surface area contributed by atoms with Crippen LogP contribution in [0.3, 0.4) is 0 Å². The van der Waals surface area contributed by atoms with E-state index >= 15 is 0 Å². The minimum absolute atomic E-state index is 0.285. The first-order valence-electron chi connectivity index (χ1n) is 6.40. The number of carbonyl (C=O) groups excluding carboxylic acids is 1. The van der Waals surface area contributed by atoms with Crippen LogP contribution in [0.25, 0.3) is 10.9 Å². The summed E-state index contributed by atoms with van der Waals surface area (Å²) in [6.45, 7) is 4.62. The van der Waals surface area contributed by atoms with Crippen LogP contribution in [0.5, 0.6) is 0 Å². The van der Waals surface area contributed by atoms with E-state index < -0.39 is 5.97 Å². The van der Waals surface area contributed by atoms with Crippen molar-refractivity contribution in [2.24, 2.45) is 0 Å². The van der Waals surface area contributed by atoms with Crippen molar-refractivity contribution in [3.05, 3.63) is 29.8 Å². The number of hydrogen-bond acceptors (Lipinski definition) is 4. The Balaban J connectivity index is 2.56. The van der Waals surface area contributed by atoms with Crippen molar-refractivity contribution in [1.29, 1.82) is 0 Å². The van der Waals surface area contributed by atoms with Crippen LogP contribution in [-0.2, 0) is 4.74 Å². The Morgan fingerprint density at radius 2 is 2.05 bits per heavy atom. The summed E-state index contributed by atoms with van der Waals surface area (Å²) in [5.74, 6) is -0.136. The normalized spacial score (nSPS) is 10.6. The molecule has 2 N–H and O–H groups in total. The Bertz CT molecular complexity index is 590. The number of esters is 1. The Hall–Kier alpha value is -2.17. The maximum Gasteiger partial charge on any atom is 0.342 e. The largest absolute Gasteiger partial charge is 0.462 e. The topological polar surface area (TPSA) is 66.5 Å². The van der Waals surface area contributed by atoms with Gasteiger partial charge in [-0.3, -0.25) is 0 Å². The number of carbonyl (C=O) groups is 1. The molecule has 0 unspecified atom stereocenters. The summed E-state index contributed by atoms with van der Waals surface area (Å²) in [6.07, 6.45) is 0.862. The SMILES string of the molecule is CCCOn1c(N)c(C(=O)OCC)c2ccccc21. The summed E-state index contributed by atoms with van der Waals surface area (Å²) >= 11 is 0. The molecule has 0 aliphatic carbocycles. The van der Waals surface area contributed by atoms with Gasteiger partial charge in [0.25, 0.3) is 0 Å². The van der Waals surface area contributed by atoms with E-state index in [1.54, 1.807) is 6.92 Å². The van der Waals surface area contributed by atoms with Crippen LogP contribution in [0.1, 0.15) is 30.6 Å². The van der Waals surface area contributed by atoms with Gasteiger partial charge in [0.15, 0.2) is 5.82 Å². The van der Waals surface area contributed by atoms with Gasteiger partial charge in [-0.1, -0.05) is 25.1 Å². The second kappa shape index (κ2) is 5.65. The third-order valence-electron chi connectivity index (χ3n) is 2.77. The highest BCUT2D eigenvalue weighted by Crippen LogP contribution is 2.28. The first-order valence-corrected chi connectivity index (χ1v) is 6.40. The lowest BCUT2D eigenvalue weighted by atomic mass is 10.1. The minimum Gasteiger partial charge on any atom is -0.462 e. The molecular weight excluding hydrogens is 244 g/mol. The monoisotopic (exact) mass is 262 g/mol. The molecule has 0 amide bonds. The van der Waals surface area contributed by atoms with Crippen LogP contribution in [0.15, 0.2) is 24.3 Å². The lowest BCUT2D eigenvalue weighted by molar-refractivity contribution is 0.0527. The van der Waals surface area contributed by atoms with Crippen LogP contribution >= 0.6 is 0 Å². The van der Waals surface area contributed by atoms with Gasteiger partial charge in [-0.25, -0.2) is 4.79 Å². The number of benzene rings is 1. The summed E-state index contributed by atoms with van der Waals surface area (Å²) in [4.78, 5) is 17.6. The van der Waals surface area contributed by atoms with Gasteiger partial charge >= 0.3 is 5.97 Å². The lowest BCUT2D eigenvalue weighted by Crippen LogP contribution is -2.16. The van der Waals surface area contributed by atoms with Gasteiger partial charge in [-0.05, 0) is 19.4 Å². The molecule has 19 heavy (non-hydrogen) atoms. The summed E-state index contributed by atoms with van der Waals surface area (Å²) in [6, 6.07) is 7.44. The molecule has 0 spiro atoms. The van der Waals surface area contributed by atoms with Gasteiger partial charge in [0.2, 0.25) is 0 Å². The van der Waals surface area contributed by atoms with E-state index in [4.69, 9.17) is 15.3 Å². The molecule has 5 heteroatoms. The van der Waals surface area contributed by atoms with E-state index in [1.165, 1.54) is 4.73 Å². The third-order valence-corrected chi connectivity index (χ3v) is 2.77. The first kappa shape index (κ1) is 13.3. The lowest BCUT2D eigenvalue weighted by Gasteiger charge is -2.09. The fraction of sp³-hybridized carbons (Fsp3) is 0.357. The molecule has 2 aromatic rings. The molecule has 1 heterocycles. The van der Waals surface area contributed by atoms with Crippen LogP contribution in [0.2, 0.25) is 0 Å². The van der Waals surface area contributed by atoms with Crippen LogP contribution < -0.4 is 10.6 Å². The number of para-hydroxylation sites is 1. The highest BCUT2D eigenvalue weighted by molar-refractivity contribution is 6.09. The summed E-state index contributed by atoms with van der Waals surface area (Å²) in [5.41, 5.74) is 7.17. The molecular formula is C14H18N2O3. The second-order valence-corrected chi connectivity index (χ2v) is 4.13. The molecule has 0 saturated carbocycles. The van der Waals surface area contributed by atoms with Crippen molar-refractivity contribution >= 4 is 22.7 Å². The fourth-order valence-corrected chi connectivity index (χ4v) is 1.97. The summed E-state index contributed by atoms with van der Waals surface area (Å²) in [5, 5.41) is 0.745. The number of nitrogen functional groups attached to an aromatic ring is 1. The van der Waals surface area contributed by atoms with Gasteiger partial charge < -0.3 is 15.3 Å². The van der Waals surface area contributed by atoms with Gasteiger partial charge in [-0.2, -0.15) is 4.73 Å². The average Bonchev–Trinajstić information content (AvgIpc) is 2.69. The number of anilines is 1. The van der Waals surface area contributed by atoms with E-state index in [9.17, 15) is 4.79 Å². The molecule has 0 aliphatic rings. The number of ether oxygens (including phenoxy) is 1. The molecule has 0 radical (unpaired) electrons. The number of nitrogens with two attached hydrogens (primary N) is 1. The number of aromatic nitrogens is 1. The zero-order chi connectivity index (χ0) is 13.8. The summed E-state index contributed by atoms with van der Waals surface area (Å²) in [7, 11) is 0. The quantitative estimate of drug-likeness (QED) is 0.839. The van der Waals surface area contributed by atoms with Crippen LogP contribution in [0.4, 0.5) is 5.82 Å². The molecule has 5 nitrogen and oxygen atoms in total. The molecule has 0 aliphatic heterocycles. The Morgan fingerprint density at radius 1 is 1.32 bits per heavy atom. The number of rotatable bonds is 5. The maximum absolute atomic E-state index is 12.0. The van der Waals surface area contributed by atoms with Crippen molar-refractivity contribution in [3.63, 3.8) is 0 Å². The van der Waals surface area contributed by atoms with E-state index in [2.05, 4.69) is 0 Å². The molecule has 102 valence electrons. The van der Waals surface area contributed by atoms with Crippen LogP contribution in [-0.4, -0.2) is 23.9 Å². The third kappa shape index (κ3) is 2.36. The summed E-state index contributed by atoms with van der Waals surface area (Å²) < 4.78 is 6.55. The number of fused-ring (bicyclic) bond motifs is 1. The highest BCUT2D eigenvalue weighted by Gasteiger charge is 2.22. The number of nitrogens with zero attached hydrogens (tertiary/aromatic N) is 1.